The molecule has 0 aliphatic rings. The first-order valence-electron chi connectivity index (χ1n) is 6.86. The molecule has 5 heteroatoms. The average molecular weight is 304 g/mol. The van der Waals surface area contributed by atoms with Crippen molar-refractivity contribution in [2.45, 2.75) is 20.3 Å². The molecule has 21 heavy (non-hydrogen) atoms. The van der Waals surface area contributed by atoms with Gasteiger partial charge in [0.25, 0.3) is 5.91 Å². The molecule has 0 spiro atoms. The molecule has 0 fully saturated rings. The Hall–Kier alpha value is -2.07. The molecular formula is C16H18ClN3O. The maximum absolute atomic E-state index is 12.3. The van der Waals surface area contributed by atoms with Crippen molar-refractivity contribution < 1.29 is 4.79 Å². The van der Waals surface area contributed by atoms with Gasteiger partial charge in [-0.15, -0.1) is 0 Å². The standard InChI is InChI=1S/C16H18ClN3O/c1-3-6-19-14-8-12(9-18-10-14)16(21)20-15-5-4-13(17)7-11(15)2/h4-5,7-10,19H,3,6H2,1-2H3,(H,20,21). The van der Waals surface area contributed by atoms with Crippen LogP contribution in [-0.2, 0) is 0 Å². The molecule has 1 aromatic carbocycles. The van der Waals surface area contributed by atoms with Crippen molar-refractivity contribution in [3.63, 3.8) is 0 Å². The van der Waals surface area contributed by atoms with Crippen LogP contribution in [0.3, 0.4) is 0 Å². The van der Waals surface area contributed by atoms with E-state index < -0.39 is 0 Å². The Morgan fingerprint density at radius 1 is 1.29 bits per heavy atom. The van der Waals surface area contributed by atoms with E-state index in [0.29, 0.717) is 10.6 Å². The van der Waals surface area contributed by atoms with E-state index in [4.69, 9.17) is 11.6 Å². The van der Waals surface area contributed by atoms with Gasteiger partial charge in [0.2, 0.25) is 0 Å². The lowest BCUT2D eigenvalue weighted by Gasteiger charge is -2.10. The largest absolute Gasteiger partial charge is 0.384 e. The van der Waals surface area contributed by atoms with Crippen LogP contribution in [0.2, 0.25) is 5.02 Å². The molecule has 0 radical (unpaired) electrons. The number of anilines is 2. The van der Waals surface area contributed by atoms with Crippen LogP contribution >= 0.6 is 11.6 Å². The van der Waals surface area contributed by atoms with Crippen LogP contribution < -0.4 is 10.6 Å². The Balaban J connectivity index is 2.12. The molecule has 1 heterocycles. The first-order chi connectivity index (χ1) is 10.1. The van der Waals surface area contributed by atoms with E-state index in [1.807, 2.05) is 13.0 Å². The zero-order chi connectivity index (χ0) is 15.2. The van der Waals surface area contributed by atoms with Gasteiger partial charge in [-0.05, 0) is 43.2 Å². The lowest BCUT2D eigenvalue weighted by molar-refractivity contribution is 0.102. The summed E-state index contributed by atoms with van der Waals surface area (Å²) in [6.07, 6.45) is 4.28. The van der Waals surface area contributed by atoms with Crippen molar-refractivity contribution in [2.24, 2.45) is 0 Å². The topological polar surface area (TPSA) is 54.0 Å². The van der Waals surface area contributed by atoms with Crippen LogP contribution in [0.5, 0.6) is 0 Å². The van der Waals surface area contributed by atoms with E-state index >= 15 is 0 Å². The van der Waals surface area contributed by atoms with Gasteiger partial charge in [-0.2, -0.15) is 0 Å². The summed E-state index contributed by atoms with van der Waals surface area (Å²) < 4.78 is 0. The summed E-state index contributed by atoms with van der Waals surface area (Å²) in [5.41, 5.74) is 3.03. The molecule has 110 valence electrons. The summed E-state index contributed by atoms with van der Waals surface area (Å²) in [5.74, 6) is -0.187. The number of aromatic nitrogens is 1. The van der Waals surface area contributed by atoms with Crippen molar-refractivity contribution in [1.29, 1.82) is 0 Å². The molecule has 1 amide bonds. The highest BCUT2D eigenvalue weighted by Gasteiger charge is 2.09. The summed E-state index contributed by atoms with van der Waals surface area (Å²) >= 11 is 5.91. The average Bonchev–Trinajstić information content (AvgIpc) is 2.48. The van der Waals surface area contributed by atoms with Crippen LogP contribution in [0.1, 0.15) is 29.3 Å². The first-order valence-corrected chi connectivity index (χ1v) is 7.24. The highest BCUT2D eigenvalue weighted by Crippen LogP contribution is 2.20. The monoisotopic (exact) mass is 303 g/mol. The van der Waals surface area contributed by atoms with Crippen LogP contribution in [0.15, 0.2) is 36.7 Å². The van der Waals surface area contributed by atoms with Crippen LogP contribution in [0, 0.1) is 6.92 Å². The summed E-state index contributed by atoms with van der Waals surface area (Å²) in [7, 11) is 0. The van der Waals surface area contributed by atoms with Crippen LogP contribution in [-0.4, -0.2) is 17.4 Å². The minimum atomic E-state index is -0.187. The second-order valence-corrected chi connectivity index (χ2v) is 5.24. The van der Waals surface area contributed by atoms with Gasteiger partial charge < -0.3 is 10.6 Å². The molecular weight excluding hydrogens is 286 g/mol. The van der Waals surface area contributed by atoms with E-state index in [-0.39, 0.29) is 5.91 Å². The molecule has 0 aliphatic heterocycles. The van der Waals surface area contributed by atoms with Gasteiger partial charge in [0.15, 0.2) is 0 Å². The van der Waals surface area contributed by atoms with E-state index in [1.165, 1.54) is 0 Å². The summed E-state index contributed by atoms with van der Waals surface area (Å²) in [6.45, 7) is 4.84. The fourth-order valence-corrected chi connectivity index (χ4v) is 2.12. The van der Waals surface area contributed by atoms with Crippen LogP contribution in [0.25, 0.3) is 0 Å². The molecule has 2 N–H and O–H groups in total. The zero-order valence-corrected chi connectivity index (χ0v) is 12.9. The molecule has 0 unspecified atom stereocenters. The molecule has 1 aromatic heterocycles. The van der Waals surface area contributed by atoms with Crippen molar-refractivity contribution in [3.8, 4) is 0 Å². The summed E-state index contributed by atoms with van der Waals surface area (Å²) in [4.78, 5) is 16.4. The van der Waals surface area contributed by atoms with Crippen molar-refractivity contribution in [3.05, 3.63) is 52.8 Å². The Kier molecular flexibility index (Phi) is 5.17. The molecule has 0 saturated carbocycles. The second-order valence-electron chi connectivity index (χ2n) is 4.80. The van der Waals surface area contributed by atoms with Gasteiger partial charge in [0.05, 0.1) is 11.3 Å². The molecule has 0 aliphatic carbocycles. The lowest BCUT2D eigenvalue weighted by atomic mass is 10.2. The number of carbonyl (C=O) groups is 1. The number of halogens is 1. The van der Waals surface area contributed by atoms with Gasteiger partial charge >= 0.3 is 0 Å². The third-order valence-corrected chi connectivity index (χ3v) is 3.25. The van der Waals surface area contributed by atoms with E-state index in [1.54, 1.807) is 30.6 Å². The van der Waals surface area contributed by atoms with Crippen molar-refractivity contribution in [2.75, 3.05) is 17.2 Å². The number of hydrogen-bond donors (Lipinski definition) is 2. The summed E-state index contributed by atoms with van der Waals surface area (Å²) in [6, 6.07) is 7.15. The highest BCUT2D eigenvalue weighted by atomic mass is 35.5. The van der Waals surface area contributed by atoms with Gasteiger partial charge in [-0.1, -0.05) is 18.5 Å². The Bertz CT molecular complexity index is 643. The van der Waals surface area contributed by atoms with Gasteiger partial charge in [0.1, 0.15) is 0 Å². The normalized spacial score (nSPS) is 10.2. The van der Waals surface area contributed by atoms with E-state index in [9.17, 15) is 4.79 Å². The third kappa shape index (κ3) is 4.20. The van der Waals surface area contributed by atoms with Crippen molar-refractivity contribution in [1.82, 2.24) is 4.98 Å². The van der Waals surface area contributed by atoms with Gasteiger partial charge in [-0.25, -0.2) is 0 Å². The van der Waals surface area contributed by atoms with E-state index in [0.717, 1.165) is 29.9 Å². The first kappa shape index (κ1) is 15.3. The number of aryl methyl sites for hydroxylation is 1. The molecule has 2 rings (SSSR count). The van der Waals surface area contributed by atoms with Gasteiger partial charge in [0, 0.05) is 29.6 Å². The predicted octanol–water partition coefficient (Wildman–Crippen LogP) is 4.12. The predicted molar refractivity (Wildman–Crippen MR) is 87.2 cm³/mol. The number of pyridine rings is 1. The molecule has 4 nitrogen and oxygen atoms in total. The molecule has 0 bridgehead atoms. The maximum Gasteiger partial charge on any atom is 0.257 e. The third-order valence-electron chi connectivity index (χ3n) is 3.02. The fraction of sp³-hybridized carbons (Fsp3) is 0.250. The quantitative estimate of drug-likeness (QED) is 0.873. The minimum Gasteiger partial charge on any atom is -0.384 e. The summed E-state index contributed by atoms with van der Waals surface area (Å²) in [5, 5.41) is 6.73. The zero-order valence-electron chi connectivity index (χ0n) is 12.1. The molecule has 0 atom stereocenters. The number of benzene rings is 1. The lowest BCUT2D eigenvalue weighted by Crippen LogP contribution is -2.13. The van der Waals surface area contributed by atoms with Gasteiger partial charge in [-0.3, -0.25) is 9.78 Å². The SMILES string of the molecule is CCCNc1cncc(C(=O)Nc2ccc(Cl)cc2C)c1. The Morgan fingerprint density at radius 3 is 2.81 bits per heavy atom. The molecule has 0 saturated heterocycles. The fourth-order valence-electron chi connectivity index (χ4n) is 1.89. The van der Waals surface area contributed by atoms with Crippen LogP contribution in [0.4, 0.5) is 11.4 Å². The second kappa shape index (κ2) is 7.09. The minimum absolute atomic E-state index is 0.187. The Labute approximate surface area is 129 Å². The molecule has 2 aromatic rings. The highest BCUT2D eigenvalue weighted by molar-refractivity contribution is 6.30. The number of amides is 1. The number of nitrogens with zero attached hydrogens (tertiary/aromatic N) is 1. The number of nitrogens with one attached hydrogen (secondary N) is 2. The Morgan fingerprint density at radius 2 is 2.10 bits per heavy atom. The maximum atomic E-state index is 12.3. The number of hydrogen-bond acceptors (Lipinski definition) is 3. The number of rotatable bonds is 5. The number of carbonyl (C=O) groups excluding carboxylic acids is 1. The van der Waals surface area contributed by atoms with Crippen molar-refractivity contribution >= 4 is 28.9 Å². The smallest absolute Gasteiger partial charge is 0.257 e. The van der Waals surface area contributed by atoms with E-state index in [2.05, 4.69) is 22.5 Å².